The molecule has 0 spiro atoms. The average molecular weight is 282 g/mol. The lowest BCUT2D eigenvalue weighted by Crippen LogP contribution is -2.18. The molecule has 5 nitrogen and oxygen atoms in total. The van der Waals surface area contributed by atoms with Crippen molar-refractivity contribution in [1.82, 2.24) is 24.6 Å². The second-order valence-corrected chi connectivity index (χ2v) is 4.98. The highest BCUT2D eigenvalue weighted by Crippen LogP contribution is 2.20. The van der Waals surface area contributed by atoms with Gasteiger partial charge in [0.15, 0.2) is 0 Å². The van der Waals surface area contributed by atoms with Crippen molar-refractivity contribution in [2.45, 2.75) is 33.4 Å². The van der Waals surface area contributed by atoms with Crippen LogP contribution in [-0.2, 0) is 20.1 Å². The molecule has 2 rings (SSSR count). The zero-order valence-corrected chi connectivity index (χ0v) is 12.4. The van der Waals surface area contributed by atoms with Crippen molar-refractivity contribution < 1.29 is 0 Å². The Morgan fingerprint density at radius 2 is 2.21 bits per heavy atom. The van der Waals surface area contributed by atoms with E-state index in [1.807, 2.05) is 26.4 Å². The predicted molar refractivity (Wildman–Crippen MR) is 76.3 cm³/mol. The van der Waals surface area contributed by atoms with Crippen molar-refractivity contribution in [2.24, 2.45) is 7.05 Å². The van der Waals surface area contributed by atoms with E-state index in [2.05, 4.69) is 26.9 Å². The van der Waals surface area contributed by atoms with E-state index in [4.69, 9.17) is 11.6 Å². The number of aromatic nitrogens is 4. The molecule has 0 saturated heterocycles. The second kappa shape index (κ2) is 6.21. The summed E-state index contributed by atoms with van der Waals surface area (Å²) in [6.45, 7) is 6.62. The Morgan fingerprint density at radius 3 is 2.84 bits per heavy atom. The van der Waals surface area contributed by atoms with Gasteiger partial charge in [0.1, 0.15) is 11.0 Å². The summed E-state index contributed by atoms with van der Waals surface area (Å²) in [5.74, 6) is 1.02. The van der Waals surface area contributed by atoms with Crippen LogP contribution in [0.4, 0.5) is 0 Å². The van der Waals surface area contributed by atoms with E-state index in [0.29, 0.717) is 11.7 Å². The lowest BCUT2D eigenvalue weighted by atomic mass is 10.2. The van der Waals surface area contributed by atoms with Crippen LogP contribution in [-0.4, -0.2) is 25.9 Å². The molecule has 0 aromatic carbocycles. The monoisotopic (exact) mass is 281 g/mol. The van der Waals surface area contributed by atoms with Crippen LogP contribution >= 0.6 is 11.6 Å². The molecule has 0 unspecified atom stereocenters. The zero-order chi connectivity index (χ0) is 13.8. The lowest BCUT2D eigenvalue weighted by molar-refractivity contribution is 0.615. The molecule has 0 amide bonds. The molecule has 0 fully saturated rings. The Kier molecular flexibility index (Phi) is 4.61. The quantitative estimate of drug-likeness (QED) is 0.825. The third-order valence-corrected chi connectivity index (χ3v) is 3.58. The molecule has 0 aliphatic rings. The molecule has 19 heavy (non-hydrogen) atoms. The highest BCUT2D eigenvalue weighted by atomic mass is 35.5. The normalized spacial score (nSPS) is 11.2. The zero-order valence-electron chi connectivity index (χ0n) is 11.6. The van der Waals surface area contributed by atoms with Gasteiger partial charge in [-0.25, -0.2) is 4.98 Å². The Morgan fingerprint density at radius 1 is 1.42 bits per heavy atom. The summed E-state index contributed by atoms with van der Waals surface area (Å²) in [5.41, 5.74) is 2.02. The lowest BCUT2D eigenvalue weighted by Gasteiger charge is -2.08. The fourth-order valence-corrected chi connectivity index (χ4v) is 2.29. The maximum Gasteiger partial charge on any atom is 0.131 e. The van der Waals surface area contributed by atoms with Gasteiger partial charge in [-0.3, -0.25) is 4.68 Å². The maximum absolute atomic E-state index is 6.26. The highest BCUT2D eigenvalue weighted by molar-refractivity contribution is 6.30. The predicted octanol–water partition coefficient (Wildman–Crippen LogP) is 2.13. The minimum absolute atomic E-state index is 0.693. The molecule has 0 atom stereocenters. The number of halogens is 1. The van der Waals surface area contributed by atoms with Crippen molar-refractivity contribution in [2.75, 3.05) is 6.54 Å². The van der Waals surface area contributed by atoms with Crippen LogP contribution in [0.2, 0.25) is 5.15 Å². The fourth-order valence-electron chi connectivity index (χ4n) is 2.05. The van der Waals surface area contributed by atoms with Gasteiger partial charge in [0.25, 0.3) is 0 Å². The van der Waals surface area contributed by atoms with Gasteiger partial charge < -0.3 is 9.88 Å². The number of hydrogen-bond donors (Lipinski definition) is 1. The molecule has 104 valence electrons. The fraction of sp³-hybridized carbons (Fsp3) is 0.538. The van der Waals surface area contributed by atoms with Crippen molar-refractivity contribution in [3.63, 3.8) is 0 Å². The Labute approximate surface area is 118 Å². The third kappa shape index (κ3) is 3.16. The van der Waals surface area contributed by atoms with Gasteiger partial charge in [0, 0.05) is 25.0 Å². The van der Waals surface area contributed by atoms with Crippen molar-refractivity contribution in [3.05, 3.63) is 34.6 Å². The Hall–Kier alpha value is -1.33. The third-order valence-electron chi connectivity index (χ3n) is 3.11. The van der Waals surface area contributed by atoms with Crippen LogP contribution in [0.25, 0.3) is 0 Å². The molecule has 0 saturated carbocycles. The Bertz CT molecular complexity index is 543. The number of imidazole rings is 1. The van der Waals surface area contributed by atoms with E-state index in [-0.39, 0.29) is 0 Å². The van der Waals surface area contributed by atoms with Crippen LogP contribution in [0, 0.1) is 6.92 Å². The first kappa shape index (κ1) is 14.1. The largest absolute Gasteiger partial charge is 0.329 e. The number of nitrogens with zero attached hydrogens (tertiary/aromatic N) is 4. The minimum Gasteiger partial charge on any atom is -0.329 e. The van der Waals surface area contributed by atoms with Crippen molar-refractivity contribution >= 4 is 11.6 Å². The van der Waals surface area contributed by atoms with Crippen LogP contribution in [0.5, 0.6) is 0 Å². The van der Waals surface area contributed by atoms with Crippen LogP contribution in [0.1, 0.15) is 30.4 Å². The number of rotatable bonds is 6. The molecule has 2 aromatic heterocycles. The molecule has 2 aromatic rings. The molecule has 1 N–H and O–H groups in total. The van der Waals surface area contributed by atoms with Crippen LogP contribution in [0.3, 0.4) is 0 Å². The topological polar surface area (TPSA) is 47.7 Å². The smallest absolute Gasteiger partial charge is 0.131 e. The van der Waals surface area contributed by atoms with E-state index in [1.54, 1.807) is 4.68 Å². The van der Waals surface area contributed by atoms with E-state index < -0.39 is 0 Å². The van der Waals surface area contributed by atoms with Crippen LogP contribution < -0.4 is 5.32 Å². The molecular formula is C13H20ClN5. The first-order valence-electron chi connectivity index (χ1n) is 6.52. The summed E-state index contributed by atoms with van der Waals surface area (Å²) >= 11 is 6.26. The molecular weight excluding hydrogens is 262 g/mol. The summed E-state index contributed by atoms with van der Waals surface area (Å²) in [6, 6.07) is 0. The van der Waals surface area contributed by atoms with Crippen LogP contribution in [0.15, 0.2) is 12.4 Å². The summed E-state index contributed by atoms with van der Waals surface area (Å²) in [5, 5.41) is 8.39. The van der Waals surface area contributed by atoms with Gasteiger partial charge in [-0.1, -0.05) is 18.5 Å². The standard InChI is InChI=1S/C13H20ClN5/c1-4-5-15-8-12-16-6-7-19(12)9-11-10(2)17-18(3)13(11)14/h6-7,15H,4-5,8-9H2,1-3H3. The summed E-state index contributed by atoms with van der Waals surface area (Å²) < 4.78 is 3.82. The molecule has 6 heteroatoms. The average Bonchev–Trinajstić information content (AvgIpc) is 2.91. The number of nitrogens with one attached hydrogen (secondary N) is 1. The van der Waals surface area contributed by atoms with E-state index in [9.17, 15) is 0 Å². The van der Waals surface area contributed by atoms with Gasteiger partial charge in [-0.2, -0.15) is 5.10 Å². The number of aryl methyl sites for hydroxylation is 2. The molecule has 2 heterocycles. The van der Waals surface area contributed by atoms with E-state index in [1.165, 1.54) is 0 Å². The summed E-state index contributed by atoms with van der Waals surface area (Å²) in [7, 11) is 1.86. The highest BCUT2D eigenvalue weighted by Gasteiger charge is 2.13. The van der Waals surface area contributed by atoms with E-state index in [0.717, 1.165) is 36.6 Å². The Balaban J connectivity index is 2.13. The summed E-state index contributed by atoms with van der Waals surface area (Å²) in [6.07, 6.45) is 4.92. The van der Waals surface area contributed by atoms with Gasteiger partial charge in [-0.05, 0) is 19.9 Å². The summed E-state index contributed by atoms with van der Waals surface area (Å²) in [4.78, 5) is 4.38. The molecule has 0 bridgehead atoms. The second-order valence-electron chi connectivity index (χ2n) is 4.63. The SMILES string of the molecule is CCCNCc1nccn1Cc1c(C)nn(C)c1Cl. The van der Waals surface area contributed by atoms with E-state index >= 15 is 0 Å². The van der Waals surface area contributed by atoms with Crippen molar-refractivity contribution in [3.8, 4) is 0 Å². The van der Waals surface area contributed by atoms with Gasteiger partial charge in [-0.15, -0.1) is 0 Å². The van der Waals surface area contributed by atoms with Gasteiger partial charge >= 0.3 is 0 Å². The number of hydrogen-bond acceptors (Lipinski definition) is 3. The molecule has 0 aliphatic heterocycles. The minimum atomic E-state index is 0.693. The van der Waals surface area contributed by atoms with Crippen molar-refractivity contribution in [1.29, 1.82) is 0 Å². The van der Waals surface area contributed by atoms with Gasteiger partial charge in [0.2, 0.25) is 0 Å². The first-order chi connectivity index (χ1) is 9.13. The molecule has 0 aliphatic carbocycles. The first-order valence-corrected chi connectivity index (χ1v) is 6.90. The molecule has 0 radical (unpaired) electrons. The maximum atomic E-state index is 6.26. The van der Waals surface area contributed by atoms with Gasteiger partial charge in [0.05, 0.1) is 18.8 Å².